The van der Waals surface area contributed by atoms with E-state index in [-0.39, 0.29) is 25.9 Å². The van der Waals surface area contributed by atoms with Crippen LogP contribution in [-0.4, -0.2) is 164 Å². The number of aliphatic hydroxyl groups is 8. The zero-order valence-electron chi connectivity index (χ0n) is 21.7. The van der Waals surface area contributed by atoms with Gasteiger partial charge < -0.3 is 88.1 Å². The van der Waals surface area contributed by atoms with E-state index in [1.807, 2.05) is 0 Å². The van der Waals surface area contributed by atoms with Crippen molar-refractivity contribution < 1.29 is 64.6 Å². The van der Waals surface area contributed by atoms with E-state index in [0.29, 0.717) is 0 Å². The van der Waals surface area contributed by atoms with E-state index in [0.717, 1.165) is 0 Å². The predicted octanol–water partition coefficient (Wildman–Crippen LogP) is -8.42. The highest BCUT2D eigenvalue weighted by molar-refractivity contribution is 5.80. The van der Waals surface area contributed by atoms with Gasteiger partial charge in [-0.1, -0.05) is 0 Å². The minimum Gasteiger partial charge on any atom is -0.394 e. The Labute approximate surface area is 229 Å². The molecule has 2 saturated heterocycles. The molecule has 18 nitrogen and oxygen atoms in total. The molecule has 1 aliphatic carbocycles. The topological polar surface area (TPSA) is 332 Å². The van der Waals surface area contributed by atoms with Crippen molar-refractivity contribution in [2.75, 3.05) is 19.7 Å². The average Bonchev–Trinajstić information content (AvgIpc) is 2.92. The molecule has 0 radical (unpaired) electrons. The Morgan fingerprint density at radius 1 is 0.850 bits per heavy atom. The lowest BCUT2D eigenvalue weighted by molar-refractivity contribution is -0.332. The van der Waals surface area contributed by atoms with Crippen molar-refractivity contribution in [1.29, 1.82) is 0 Å². The van der Waals surface area contributed by atoms with E-state index >= 15 is 0 Å². The summed E-state index contributed by atoms with van der Waals surface area (Å²) in [6.45, 7) is -0.898. The number of nitrogens with one attached hydrogen (secondary N) is 1. The van der Waals surface area contributed by atoms with Crippen LogP contribution in [0.4, 0.5) is 0 Å². The molecule has 2 aliphatic heterocycles. The van der Waals surface area contributed by atoms with Crippen LogP contribution in [0.1, 0.15) is 12.8 Å². The highest BCUT2D eigenvalue weighted by atomic mass is 16.7. The Hall–Kier alpha value is -1.17. The third kappa shape index (κ3) is 7.06. The summed E-state index contributed by atoms with van der Waals surface area (Å²) in [5.74, 6) is -0.845. The standard InChI is InChI=1S/C22H43N5O13/c23-2-1-8(29)20(36)27-7-3-6(25)18(39-22-16(34)15(33)13(31)9(4-24)37-22)17(35)19(7)40-21-14(32)11(26)12(30)10(5-28)38-21/h6-19,21-22,28-35H,1-5,23-26H2,(H,27,36)/t6?,7-,8+,9-,10-,11+,12-,13-,14-,15+,16-,17+,18?,19?,21-,22-/m1/s1. The van der Waals surface area contributed by atoms with Gasteiger partial charge in [0.15, 0.2) is 12.6 Å². The Balaban J connectivity index is 1.85. The Bertz CT molecular complexity index is 815. The number of carbonyl (C=O) groups is 1. The smallest absolute Gasteiger partial charge is 0.249 e. The second-order valence-electron chi connectivity index (χ2n) is 10.3. The van der Waals surface area contributed by atoms with Gasteiger partial charge in [-0.05, 0) is 19.4 Å². The van der Waals surface area contributed by atoms with Crippen LogP contribution in [0.5, 0.6) is 0 Å². The van der Waals surface area contributed by atoms with Crippen LogP contribution in [0.15, 0.2) is 0 Å². The van der Waals surface area contributed by atoms with Crippen LogP contribution < -0.4 is 28.3 Å². The van der Waals surface area contributed by atoms with E-state index < -0.39 is 110 Å². The summed E-state index contributed by atoms with van der Waals surface area (Å²) in [6, 6.07) is -3.45. The van der Waals surface area contributed by atoms with Crippen molar-refractivity contribution in [2.24, 2.45) is 22.9 Å². The predicted molar refractivity (Wildman–Crippen MR) is 131 cm³/mol. The molecule has 0 bridgehead atoms. The molecule has 40 heavy (non-hydrogen) atoms. The molecular formula is C22H43N5O13. The average molecular weight is 586 g/mol. The van der Waals surface area contributed by atoms with Crippen LogP contribution in [0, 0.1) is 0 Å². The maximum absolute atomic E-state index is 12.6. The Morgan fingerprint density at radius 3 is 2.05 bits per heavy atom. The lowest BCUT2D eigenvalue weighted by Gasteiger charge is -2.49. The minimum atomic E-state index is -1.76. The molecule has 234 valence electrons. The second kappa shape index (κ2) is 14.3. The van der Waals surface area contributed by atoms with Crippen molar-refractivity contribution in [1.82, 2.24) is 5.32 Å². The normalized spacial score (nSPS) is 47.0. The van der Waals surface area contributed by atoms with Crippen LogP contribution in [0.3, 0.4) is 0 Å². The van der Waals surface area contributed by atoms with Gasteiger partial charge in [-0.2, -0.15) is 0 Å². The van der Waals surface area contributed by atoms with Crippen molar-refractivity contribution in [3.8, 4) is 0 Å². The quantitative estimate of drug-likeness (QED) is 0.113. The monoisotopic (exact) mass is 585 g/mol. The summed E-state index contributed by atoms with van der Waals surface area (Å²) < 4.78 is 22.5. The summed E-state index contributed by atoms with van der Waals surface area (Å²) in [7, 11) is 0. The number of carbonyl (C=O) groups excluding carboxylic acids is 1. The zero-order valence-corrected chi connectivity index (χ0v) is 21.7. The highest BCUT2D eigenvalue weighted by Gasteiger charge is 2.52. The van der Waals surface area contributed by atoms with Gasteiger partial charge in [0.05, 0.1) is 18.7 Å². The number of amides is 1. The van der Waals surface area contributed by atoms with E-state index in [9.17, 15) is 45.6 Å². The molecule has 0 spiro atoms. The van der Waals surface area contributed by atoms with Gasteiger partial charge in [-0.15, -0.1) is 0 Å². The first-order valence-electron chi connectivity index (χ1n) is 13.1. The molecule has 0 aromatic carbocycles. The molecular weight excluding hydrogens is 542 g/mol. The summed E-state index contributed by atoms with van der Waals surface area (Å²) in [5.41, 5.74) is 23.1. The molecule has 3 unspecified atom stereocenters. The van der Waals surface area contributed by atoms with Crippen molar-refractivity contribution >= 4 is 5.91 Å². The fourth-order valence-electron chi connectivity index (χ4n) is 5.07. The maximum atomic E-state index is 12.6. The first-order valence-corrected chi connectivity index (χ1v) is 13.1. The second-order valence-corrected chi connectivity index (χ2v) is 10.3. The van der Waals surface area contributed by atoms with E-state index in [1.165, 1.54) is 0 Å². The van der Waals surface area contributed by atoms with E-state index in [1.54, 1.807) is 0 Å². The highest BCUT2D eigenvalue weighted by Crippen LogP contribution is 2.32. The molecule has 1 saturated carbocycles. The number of ether oxygens (including phenoxy) is 4. The molecule has 18 heteroatoms. The van der Waals surface area contributed by atoms with Crippen molar-refractivity contribution in [2.45, 2.75) is 111 Å². The largest absolute Gasteiger partial charge is 0.394 e. The van der Waals surface area contributed by atoms with Gasteiger partial charge in [-0.25, -0.2) is 0 Å². The van der Waals surface area contributed by atoms with E-state index in [2.05, 4.69) is 5.32 Å². The lowest BCUT2D eigenvalue weighted by Crippen LogP contribution is -2.69. The van der Waals surface area contributed by atoms with Gasteiger partial charge in [0.2, 0.25) is 5.91 Å². The first-order chi connectivity index (χ1) is 18.9. The molecule has 3 aliphatic rings. The van der Waals surface area contributed by atoms with Crippen LogP contribution in [-0.2, 0) is 23.7 Å². The number of nitrogens with two attached hydrogens (primary N) is 4. The van der Waals surface area contributed by atoms with Crippen LogP contribution in [0.25, 0.3) is 0 Å². The molecule has 0 aromatic heterocycles. The third-order valence-electron chi connectivity index (χ3n) is 7.51. The molecule has 17 N–H and O–H groups in total. The first kappa shape index (κ1) is 33.3. The fourth-order valence-corrected chi connectivity index (χ4v) is 5.07. The summed E-state index contributed by atoms with van der Waals surface area (Å²) in [6.07, 6.45) is -19.8. The Kier molecular flexibility index (Phi) is 11.9. The fraction of sp³-hybridized carbons (Fsp3) is 0.955. The van der Waals surface area contributed by atoms with E-state index in [4.69, 9.17) is 41.9 Å². The Morgan fingerprint density at radius 2 is 1.45 bits per heavy atom. The molecule has 16 atom stereocenters. The molecule has 3 fully saturated rings. The molecule has 1 amide bonds. The van der Waals surface area contributed by atoms with Gasteiger partial charge in [0.1, 0.15) is 67.1 Å². The number of rotatable bonds is 10. The van der Waals surface area contributed by atoms with Gasteiger partial charge in [0, 0.05) is 12.6 Å². The third-order valence-corrected chi connectivity index (χ3v) is 7.51. The van der Waals surface area contributed by atoms with Crippen LogP contribution in [0.2, 0.25) is 0 Å². The maximum Gasteiger partial charge on any atom is 0.249 e. The number of hydrogen-bond acceptors (Lipinski definition) is 17. The van der Waals surface area contributed by atoms with Gasteiger partial charge in [0.25, 0.3) is 0 Å². The van der Waals surface area contributed by atoms with Gasteiger partial charge >= 0.3 is 0 Å². The molecule has 0 aromatic rings. The summed E-state index contributed by atoms with van der Waals surface area (Å²) in [5, 5.41) is 84.9. The van der Waals surface area contributed by atoms with Crippen molar-refractivity contribution in [3.05, 3.63) is 0 Å². The summed E-state index contributed by atoms with van der Waals surface area (Å²) in [4.78, 5) is 12.6. The van der Waals surface area contributed by atoms with Gasteiger partial charge in [-0.3, -0.25) is 4.79 Å². The minimum absolute atomic E-state index is 0.0101. The summed E-state index contributed by atoms with van der Waals surface area (Å²) >= 11 is 0. The van der Waals surface area contributed by atoms with Crippen molar-refractivity contribution in [3.63, 3.8) is 0 Å². The lowest BCUT2D eigenvalue weighted by atomic mass is 9.83. The number of aliphatic hydroxyl groups excluding tert-OH is 8. The SMILES string of the molecule is NCC[C@H](O)C(=O)N[C@@H]1CC(N)C(O[C@H]2O[C@H](CN)[C@@H](O)[C@H](O)[C@H]2O)[C@H](O)C1O[C@H]1O[C@H](CO)[C@@H](O)[C@H](N)[C@H]1O. The number of hydrogen-bond donors (Lipinski definition) is 13. The molecule has 3 rings (SSSR count). The zero-order chi connectivity index (χ0) is 29.9. The van der Waals surface area contributed by atoms with Crippen LogP contribution >= 0.6 is 0 Å². The molecule has 2 heterocycles.